The molecule has 1 atom stereocenters. The number of aromatic nitrogens is 3. The number of rotatable bonds is 8. The molecule has 1 aliphatic rings. The third-order valence-electron chi connectivity index (χ3n) is 6.35. The molecule has 2 N–H and O–H groups in total. The van der Waals surface area contributed by atoms with Gasteiger partial charge in [-0.3, -0.25) is 4.79 Å². The van der Waals surface area contributed by atoms with Crippen molar-refractivity contribution in [3.05, 3.63) is 76.9 Å². The maximum absolute atomic E-state index is 13.6. The lowest BCUT2D eigenvalue weighted by Gasteiger charge is -2.20. The monoisotopic (exact) mass is 523 g/mol. The van der Waals surface area contributed by atoms with E-state index in [4.69, 9.17) is 0 Å². The average Bonchev–Trinajstić information content (AvgIpc) is 3.19. The van der Waals surface area contributed by atoms with Crippen molar-refractivity contribution in [1.29, 1.82) is 0 Å². The van der Waals surface area contributed by atoms with Crippen LogP contribution in [0, 0.1) is 5.82 Å². The van der Waals surface area contributed by atoms with Crippen LogP contribution in [0.15, 0.2) is 59.3 Å². The second kappa shape index (κ2) is 10.7. The molecule has 3 aromatic rings. The standard InChI is InChI=1S/C27H30FN5O3S/c1-5-17-7-12-21(22-16-30-33(24(22)13-17)20-10-8-19(28)9-11-20)27(34)31-23(6-2)18-14-25(29-3)32-26(15-18)37(4,35)36/h8-16,23H,5-7H2,1-4H3,(H,29,32)(H,31,34). The van der Waals surface area contributed by atoms with Crippen molar-refractivity contribution in [2.75, 3.05) is 18.6 Å². The molecule has 0 spiro atoms. The SMILES string of the molecule is CCC1=Cc2c(cnn2-c2ccc(F)cc2)C(C(=O)NC(CC)c2cc(NC)nc(S(C)(=O)=O)c2)=CC1. The van der Waals surface area contributed by atoms with Crippen molar-refractivity contribution < 1.29 is 17.6 Å². The molecular weight excluding hydrogens is 493 g/mol. The van der Waals surface area contributed by atoms with Crippen LogP contribution in [0.25, 0.3) is 17.3 Å². The minimum absolute atomic E-state index is 0.0598. The Hall–Kier alpha value is -3.79. The van der Waals surface area contributed by atoms with Gasteiger partial charge in [0.15, 0.2) is 14.9 Å². The molecule has 0 fully saturated rings. The molecular formula is C27H30FN5O3S. The molecule has 4 rings (SSSR count). The Morgan fingerprint density at radius 2 is 1.92 bits per heavy atom. The zero-order chi connectivity index (χ0) is 26.7. The summed E-state index contributed by atoms with van der Waals surface area (Å²) in [5.41, 5.74) is 4.35. The number of hydrogen-bond donors (Lipinski definition) is 2. The number of allylic oxidation sites excluding steroid dienone is 2. The number of amides is 1. The van der Waals surface area contributed by atoms with Gasteiger partial charge in [-0.15, -0.1) is 0 Å². The number of carbonyl (C=O) groups excluding carboxylic acids is 1. The van der Waals surface area contributed by atoms with Gasteiger partial charge in [-0.1, -0.05) is 25.5 Å². The predicted octanol–water partition coefficient (Wildman–Crippen LogP) is 4.70. The number of benzene rings is 1. The second-order valence-corrected chi connectivity index (χ2v) is 10.9. The summed E-state index contributed by atoms with van der Waals surface area (Å²) in [4.78, 5) is 17.8. The highest BCUT2D eigenvalue weighted by atomic mass is 32.2. The summed E-state index contributed by atoms with van der Waals surface area (Å²) in [6.45, 7) is 3.97. The van der Waals surface area contributed by atoms with Gasteiger partial charge in [0, 0.05) is 24.4 Å². The number of nitrogens with one attached hydrogen (secondary N) is 2. The zero-order valence-corrected chi connectivity index (χ0v) is 22.1. The van der Waals surface area contributed by atoms with Gasteiger partial charge in [-0.2, -0.15) is 5.10 Å². The maximum atomic E-state index is 13.6. The van der Waals surface area contributed by atoms with Gasteiger partial charge < -0.3 is 10.6 Å². The Bertz CT molecular complexity index is 1490. The molecule has 8 nitrogen and oxygen atoms in total. The van der Waals surface area contributed by atoms with Crippen LogP contribution in [0.4, 0.5) is 10.2 Å². The Morgan fingerprint density at radius 3 is 2.54 bits per heavy atom. The molecule has 1 unspecified atom stereocenters. The van der Waals surface area contributed by atoms with Gasteiger partial charge >= 0.3 is 0 Å². The van der Waals surface area contributed by atoms with E-state index in [1.807, 2.05) is 19.1 Å². The van der Waals surface area contributed by atoms with Gasteiger partial charge in [0.2, 0.25) is 0 Å². The quantitative estimate of drug-likeness (QED) is 0.443. The molecule has 2 aromatic heterocycles. The number of hydrogen-bond acceptors (Lipinski definition) is 6. The van der Waals surface area contributed by atoms with Crippen LogP contribution in [0.1, 0.15) is 56.0 Å². The second-order valence-electron chi connectivity index (χ2n) is 8.89. The number of carbonyl (C=O) groups is 1. The van der Waals surface area contributed by atoms with Gasteiger partial charge in [-0.05, 0) is 67.3 Å². The number of sulfone groups is 1. The summed E-state index contributed by atoms with van der Waals surface area (Å²) in [5, 5.41) is 10.4. The maximum Gasteiger partial charge on any atom is 0.252 e. The minimum Gasteiger partial charge on any atom is -0.373 e. The molecule has 0 aliphatic heterocycles. The fourth-order valence-electron chi connectivity index (χ4n) is 4.25. The molecule has 0 saturated carbocycles. The molecule has 1 aliphatic carbocycles. The Balaban J connectivity index is 1.71. The first-order valence-corrected chi connectivity index (χ1v) is 14.0. The molecule has 0 bridgehead atoms. The van der Waals surface area contributed by atoms with Crippen molar-refractivity contribution in [2.45, 2.75) is 44.2 Å². The third kappa shape index (κ3) is 5.64. The van der Waals surface area contributed by atoms with E-state index in [0.717, 1.165) is 23.9 Å². The number of anilines is 1. The Morgan fingerprint density at radius 1 is 1.19 bits per heavy atom. The lowest BCUT2D eigenvalue weighted by atomic mass is 10.0. The number of nitrogens with zero attached hydrogens (tertiary/aromatic N) is 3. The van der Waals surface area contributed by atoms with Crippen LogP contribution in [0.3, 0.4) is 0 Å². The largest absolute Gasteiger partial charge is 0.373 e. The lowest BCUT2D eigenvalue weighted by molar-refractivity contribution is -0.116. The lowest BCUT2D eigenvalue weighted by Crippen LogP contribution is -2.29. The molecule has 0 radical (unpaired) electrons. The molecule has 37 heavy (non-hydrogen) atoms. The first-order chi connectivity index (χ1) is 17.6. The van der Waals surface area contributed by atoms with E-state index in [1.54, 1.807) is 36.1 Å². The fourth-order valence-corrected chi connectivity index (χ4v) is 4.87. The topological polar surface area (TPSA) is 106 Å². The van der Waals surface area contributed by atoms with E-state index in [9.17, 15) is 17.6 Å². The highest BCUT2D eigenvalue weighted by molar-refractivity contribution is 7.90. The van der Waals surface area contributed by atoms with Crippen LogP contribution in [0.2, 0.25) is 0 Å². The van der Waals surface area contributed by atoms with Crippen molar-refractivity contribution in [1.82, 2.24) is 20.1 Å². The van der Waals surface area contributed by atoms with Crippen LogP contribution >= 0.6 is 0 Å². The predicted molar refractivity (Wildman–Crippen MR) is 142 cm³/mol. The molecule has 2 heterocycles. The van der Waals surface area contributed by atoms with Crippen molar-refractivity contribution >= 4 is 33.2 Å². The van der Waals surface area contributed by atoms with E-state index in [1.165, 1.54) is 18.2 Å². The fraction of sp³-hybridized carbons (Fsp3) is 0.296. The van der Waals surface area contributed by atoms with Gasteiger partial charge in [0.1, 0.15) is 11.6 Å². The van der Waals surface area contributed by atoms with E-state index in [-0.39, 0.29) is 16.8 Å². The average molecular weight is 524 g/mol. The summed E-state index contributed by atoms with van der Waals surface area (Å²) >= 11 is 0. The van der Waals surface area contributed by atoms with Crippen LogP contribution in [0.5, 0.6) is 0 Å². The molecule has 1 amide bonds. The van der Waals surface area contributed by atoms with Gasteiger partial charge in [0.25, 0.3) is 5.91 Å². The summed E-state index contributed by atoms with van der Waals surface area (Å²) in [6.07, 6.45) is 8.62. The number of pyridine rings is 1. The highest BCUT2D eigenvalue weighted by Crippen LogP contribution is 2.31. The zero-order valence-electron chi connectivity index (χ0n) is 21.2. The van der Waals surface area contributed by atoms with Crippen molar-refractivity contribution in [3.63, 3.8) is 0 Å². The Labute approximate surface area is 216 Å². The molecule has 194 valence electrons. The molecule has 10 heteroatoms. The van der Waals surface area contributed by atoms with Crippen molar-refractivity contribution in [2.24, 2.45) is 0 Å². The smallest absolute Gasteiger partial charge is 0.252 e. The van der Waals surface area contributed by atoms with Crippen LogP contribution in [-0.2, 0) is 14.6 Å². The first kappa shape index (κ1) is 26.3. The normalized spacial score (nSPS) is 14.2. The van der Waals surface area contributed by atoms with Crippen LogP contribution < -0.4 is 10.6 Å². The molecule has 0 saturated heterocycles. The van der Waals surface area contributed by atoms with Crippen molar-refractivity contribution in [3.8, 4) is 5.69 Å². The van der Waals surface area contributed by atoms with E-state index < -0.39 is 15.9 Å². The summed E-state index contributed by atoms with van der Waals surface area (Å²) < 4.78 is 39.6. The molecule has 1 aromatic carbocycles. The van der Waals surface area contributed by atoms with Crippen LogP contribution in [-0.4, -0.2) is 42.4 Å². The van der Waals surface area contributed by atoms with E-state index >= 15 is 0 Å². The van der Waals surface area contributed by atoms with E-state index in [0.29, 0.717) is 41.0 Å². The first-order valence-electron chi connectivity index (χ1n) is 12.1. The third-order valence-corrected chi connectivity index (χ3v) is 7.32. The summed E-state index contributed by atoms with van der Waals surface area (Å²) in [7, 11) is -1.89. The summed E-state index contributed by atoms with van der Waals surface area (Å²) in [5.74, 6) is -0.228. The summed E-state index contributed by atoms with van der Waals surface area (Å²) in [6, 6.07) is 8.83. The van der Waals surface area contributed by atoms with Gasteiger partial charge in [0.05, 0.1) is 23.6 Å². The van der Waals surface area contributed by atoms with Gasteiger partial charge in [-0.25, -0.2) is 22.5 Å². The highest BCUT2D eigenvalue weighted by Gasteiger charge is 2.25. The number of fused-ring (bicyclic) bond motifs is 1. The minimum atomic E-state index is -3.55. The Kier molecular flexibility index (Phi) is 7.58. The van der Waals surface area contributed by atoms with E-state index in [2.05, 4.69) is 27.6 Å². The number of halogens is 1.